The first-order valence-electron chi connectivity index (χ1n) is 9.68. The van der Waals surface area contributed by atoms with Crippen LogP contribution >= 0.6 is 22.9 Å². The van der Waals surface area contributed by atoms with Crippen molar-refractivity contribution in [3.05, 3.63) is 53.2 Å². The molecule has 154 valence electrons. The predicted molar refractivity (Wildman–Crippen MR) is 118 cm³/mol. The Morgan fingerprint density at radius 2 is 2.23 bits per heavy atom. The number of halogens is 1. The second-order valence-electron chi connectivity index (χ2n) is 7.15. The van der Waals surface area contributed by atoms with Crippen molar-refractivity contribution in [2.75, 3.05) is 25.2 Å². The number of nitrogens with zero attached hydrogens (tertiary/aromatic N) is 2. The first-order chi connectivity index (χ1) is 14.6. The molecule has 0 saturated carbocycles. The van der Waals surface area contributed by atoms with Crippen molar-refractivity contribution in [1.29, 1.82) is 0 Å². The van der Waals surface area contributed by atoms with Gasteiger partial charge in [-0.05, 0) is 43.2 Å². The van der Waals surface area contributed by atoms with E-state index >= 15 is 0 Å². The van der Waals surface area contributed by atoms with E-state index in [1.165, 1.54) is 11.3 Å². The number of ether oxygens (including phenoxy) is 2. The second-order valence-corrected chi connectivity index (χ2v) is 8.59. The van der Waals surface area contributed by atoms with Crippen LogP contribution in [0, 0.1) is 0 Å². The van der Waals surface area contributed by atoms with Crippen LogP contribution in [-0.2, 0) is 4.74 Å². The van der Waals surface area contributed by atoms with Gasteiger partial charge in [0.2, 0.25) is 0 Å². The molecule has 1 fully saturated rings. The molecule has 2 aromatic carbocycles. The average molecular weight is 443 g/mol. The number of hydrogen-bond acceptors (Lipinski definition) is 6. The SMILES string of the molecule is COc1cccc2cc(C(=O)N(CC3CCCO3)c3nc4ccc(Cl)cc4s3)oc12. The third-order valence-corrected chi connectivity index (χ3v) is 6.44. The minimum absolute atomic E-state index is 0.0246. The highest BCUT2D eigenvalue weighted by atomic mass is 35.5. The number of amides is 1. The molecule has 2 aromatic heterocycles. The summed E-state index contributed by atoms with van der Waals surface area (Å²) in [6.45, 7) is 1.13. The highest BCUT2D eigenvalue weighted by molar-refractivity contribution is 7.22. The van der Waals surface area contributed by atoms with Gasteiger partial charge in [0.05, 0.1) is 30.0 Å². The molecule has 1 saturated heterocycles. The van der Waals surface area contributed by atoms with Gasteiger partial charge in [0, 0.05) is 17.0 Å². The molecule has 0 N–H and O–H groups in total. The normalized spacial score (nSPS) is 16.4. The van der Waals surface area contributed by atoms with Gasteiger partial charge in [-0.25, -0.2) is 4.98 Å². The fourth-order valence-electron chi connectivity index (χ4n) is 3.68. The standard InChI is InChI=1S/C22H19ClN2O4S/c1-27-17-6-2-4-13-10-18(29-20(13)17)21(26)25(12-15-5-3-9-28-15)22-24-16-8-7-14(23)11-19(16)30-22/h2,4,6-8,10-11,15H,3,5,9,12H2,1H3. The van der Waals surface area contributed by atoms with E-state index in [-0.39, 0.29) is 17.8 Å². The number of furan rings is 1. The fourth-order valence-corrected chi connectivity index (χ4v) is 4.93. The van der Waals surface area contributed by atoms with Crippen molar-refractivity contribution < 1.29 is 18.7 Å². The van der Waals surface area contributed by atoms with Crippen LogP contribution in [0.3, 0.4) is 0 Å². The summed E-state index contributed by atoms with van der Waals surface area (Å²) < 4.78 is 18.0. The van der Waals surface area contributed by atoms with Crippen molar-refractivity contribution in [2.45, 2.75) is 18.9 Å². The van der Waals surface area contributed by atoms with Crippen LogP contribution in [0.25, 0.3) is 21.2 Å². The summed E-state index contributed by atoms with van der Waals surface area (Å²) in [4.78, 5) is 19.8. The maximum Gasteiger partial charge on any atom is 0.295 e. The molecule has 8 heteroatoms. The first kappa shape index (κ1) is 19.4. The lowest BCUT2D eigenvalue weighted by atomic mass is 10.2. The number of para-hydroxylation sites is 1. The Morgan fingerprint density at radius 1 is 1.33 bits per heavy atom. The van der Waals surface area contributed by atoms with Gasteiger partial charge in [-0.3, -0.25) is 9.69 Å². The minimum atomic E-state index is -0.256. The predicted octanol–water partition coefficient (Wildman–Crippen LogP) is 5.53. The molecule has 3 heterocycles. The Hall–Kier alpha value is -2.61. The molecule has 1 atom stereocenters. The van der Waals surface area contributed by atoms with Crippen molar-refractivity contribution in [3.63, 3.8) is 0 Å². The smallest absolute Gasteiger partial charge is 0.295 e. The molecule has 6 nitrogen and oxygen atoms in total. The van der Waals surface area contributed by atoms with Gasteiger partial charge in [-0.2, -0.15) is 0 Å². The third-order valence-electron chi connectivity index (χ3n) is 5.16. The fraction of sp³-hybridized carbons (Fsp3) is 0.273. The maximum absolute atomic E-state index is 13.5. The van der Waals surface area contributed by atoms with E-state index in [0.29, 0.717) is 34.6 Å². The summed E-state index contributed by atoms with van der Waals surface area (Å²) in [6, 6.07) is 12.8. The lowest BCUT2D eigenvalue weighted by molar-refractivity contribution is 0.0896. The Kier molecular flexibility index (Phi) is 5.10. The zero-order valence-corrected chi connectivity index (χ0v) is 17.8. The number of aromatic nitrogens is 1. The van der Waals surface area contributed by atoms with Gasteiger partial charge in [-0.15, -0.1) is 0 Å². The lowest BCUT2D eigenvalue weighted by Gasteiger charge is -2.22. The van der Waals surface area contributed by atoms with Crippen molar-refractivity contribution in [2.24, 2.45) is 0 Å². The van der Waals surface area contributed by atoms with E-state index in [4.69, 9.17) is 25.5 Å². The van der Waals surface area contributed by atoms with Crippen molar-refractivity contribution in [3.8, 4) is 5.75 Å². The monoisotopic (exact) mass is 442 g/mol. The van der Waals surface area contributed by atoms with E-state index in [1.807, 2.05) is 30.3 Å². The molecule has 1 amide bonds. The van der Waals surface area contributed by atoms with Crippen LogP contribution < -0.4 is 9.64 Å². The zero-order chi connectivity index (χ0) is 20.7. The molecule has 0 spiro atoms. The van der Waals surface area contributed by atoms with Crippen LogP contribution in [0.15, 0.2) is 46.9 Å². The number of methoxy groups -OCH3 is 1. The number of carbonyl (C=O) groups is 1. The molecule has 1 unspecified atom stereocenters. The summed E-state index contributed by atoms with van der Waals surface area (Å²) >= 11 is 7.56. The van der Waals surface area contributed by atoms with E-state index in [0.717, 1.165) is 28.4 Å². The minimum Gasteiger partial charge on any atom is -0.493 e. The van der Waals surface area contributed by atoms with Gasteiger partial charge in [0.25, 0.3) is 5.91 Å². The molecule has 1 aliphatic rings. The summed E-state index contributed by atoms with van der Waals surface area (Å²) in [7, 11) is 1.58. The highest BCUT2D eigenvalue weighted by Crippen LogP contribution is 2.34. The number of benzene rings is 2. The van der Waals surface area contributed by atoms with Crippen LogP contribution in [0.5, 0.6) is 5.75 Å². The molecular formula is C22H19ClN2O4S. The van der Waals surface area contributed by atoms with Crippen molar-refractivity contribution >= 4 is 55.2 Å². The Bertz CT molecular complexity index is 1230. The second kappa shape index (κ2) is 7.91. The Morgan fingerprint density at radius 3 is 3.03 bits per heavy atom. The molecule has 30 heavy (non-hydrogen) atoms. The topological polar surface area (TPSA) is 64.8 Å². The number of anilines is 1. The van der Waals surface area contributed by atoms with Gasteiger partial charge in [0.1, 0.15) is 0 Å². The molecule has 0 aliphatic carbocycles. The molecule has 0 radical (unpaired) electrons. The number of thiazole rings is 1. The van der Waals surface area contributed by atoms with Gasteiger partial charge in [-0.1, -0.05) is 35.1 Å². The number of hydrogen-bond donors (Lipinski definition) is 0. The van der Waals surface area contributed by atoms with Gasteiger partial charge in [0.15, 0.2) is 22.2 Å². The van der Waals surface area contributed by atoms with E-state index in [1.54, 1.807) is 24.1 Å². The summed E-state index contributed by atoms with van der Waals surface area (Å²) in [5.41, 5.74) is 1.35. The van der Waals surface area contributed by atoms with Gasteiger partial charge >= 0.3 is 0 Å². The zero-order valence-electron chi connectivity index (χ0n) is 16.3. The molecule has 0 bridgehead atoms. The van der Waals surface area contributed by atoms with Crippen LogP contribution in [0.1, 0.15) is 23.4 Å². The molecular weight excluding hydrogens is 424 g/mol. The third kappa shape index (κ3) is 3.53. The van der Waals surface area contributed by atoms with Crippen LogP contribution in [0.4, 0.5) is 5.13 Å². The summed E-state index contributed by atoms with van der Waals surface area (Å²) in [6.07, 6.45) is 1.88. The molecule has 5 rings (SSSR count). The summed E-state index contributed by atoms with van der Waals surface area (Å²) in [5, 5.41) is 2.05. The Balaban J connectivity index is 1.55. The number of rotatable bonds is 5. The average Bonchev–Trinajstić information content (AvgIpc) is 3.49. The number of fused-ring (bicyclic) bond motifs is 2. The van der Waals surface area contributed by atoms with Crippen LogP contribution in [0.2, 0.25) is 5.02 Å². The first-order valence-corrected chi connectivity index (χ1v) is 10.9. The van der Waals surface area contributed by atoms with Crippen LogP contribution in [-0.4, -0.2) is 37.3 Å². The largest absolute Gasteiger partial charge is 0.493 e. The molecule has 4 aromatic rings. The van der Waals surface area contributed by atoms with E-state index in [9.17, 15) is 4.79 Å². The highest BCUT2D eigenvalue weighted by Gasteiger charge is 2.29. The maximum atomic E-state index is 13.5. The summed E-state index contributed by atoms with van der Waals surface area (Å²) in [5.74, 6) is 0.575. The Labute approximate surface area is 182 Å². The lowest BCUT2D eigenvalue weighted by Crippen LogP contribution is -2.37. The quantitative estimate of drug-likeness (QED) is 0.406. The number of carbonyl (C=O) groups excluding carboxylic acids is 1. The molecule has 1 aliphatic heterocycles. The van der Waals surface area contributed by atoms with E-state index in [2.05, 4.69) is 4.98 Å². The van der Waals surface area contributed by atoms with Gasteiger partial charge < -0.3 is 13.9 Å². The van der Waals surface area contributed by atoms with Crippen molar-refractivity contribution in [1.82, 2.24) is 4.98 Å². The van der Waals surface area contributed by atoms with E-state index < -0.39 is 0 Å².